The van der Waals surface area contributed by atoms with Gasteiger partial charge in [0, 0.05) is 20.1 Å². The standard InChI is InChI=1S/C13H16N4O3/c1-16(7-6-14)11(18)8-17-13(20)10-5-3-2-4-9(10)12(19)15-17/h2-5H,6-8,14H2,1H3,(H,15,19). The highest BCUT2D eigenvalue weighted by molar-refractivity contribution is 5.81. The minimum Gasteiger partial charge on any atom is -0.343 e. The van der Waals surface area contributed by atoms with Crippen LogP contribution in [-0.4, -0.2) is 40.7 Å². The highest BCUT2D eigenvalue weighted by atomic mass is 16.2. The Kier molecular flexibility index (Phi) is 3.99. The van der Waals surface area contributed by atoms with Gasteiger partial charge in [0.25, 0.3) is 11.1 Å². The second-order valence-electron chi connectivity index (χ2n) is 4.48. The molecular weight excluding hydrogens is 260 g/mol. The molecule has 0 aliphatic heterocycles. The molecule has 1 aromatic heterocycles. The Bertz CT molecular complexity index is 747. The molecule has 0 atom stereocenters. The number of carbonyl (C=O) groups is 1. The van der Waals surface area contributed by atoms with Crippen LogP contribution in [0.4, 0.5) is 0 Å². The minimum absolute atomic E-state index is 0.213. The SMILES string of the molecule is CN(CCN)C(=O)Cn1[nH]c(=O)c2ccccc2c1=O. The molecule has 0 saturated heterocycles. The average Bonchev–Trinajstić information content (AvgIpc) is 2.44. The monoisotopic (exact) mass is 276 g/mol. The van der Waals surface area contributed by atoms with Crippen molar-refractivity contribution in [3.8, 4) is 0 Å². The maximum absolute atomic E-state index is 12.2. The topological polar surface area (TPSA) is 101 Å². The van der Waals surface area contributed by atoms with E-state index in [0.717, 1.165) is 4.68 Å². The van der Waals surface area contributed by atoms with Crippen molar-refractivity contribution in [3.05, 3.63) is 45.0 Å². The van der Waals surface area contributed by atoms with Crippen molar-refractivity contribution in [2.24, 2.45) is 5.73 Å². The molecule has 0 unspecified atom stereocenters. The lowest BCUT2D eigenvalue weighted by atomic mass is 10.2. The van der Waals surface area contributed by atoms with Gasteiger partial charge < -0.3 is 10.6 Å². The van der Waals surface area contributed by atoms with E-state index < -0.39 is 11.1 Å². The van der Waals surface area contributed by atoms with Crippen molar-refractivity contribution >= 4 is 16.7 Å². The molecule has 0 bridgehead atoms. The molecule has 0 aliphatic carbocycles. The van der Waals surface area contributed by atoms with E-state index in [1.807, 2.05) is 0 Å². The predicted octanol–water partition coefficient (Wildman–Crippen LogP) is -0.893. The Morgan fingerprint density at radius 3 is 2.60 bits per heavy atom. The van der Waals surface area contributed by atoms with Crippen molar-refractivity contribution in [3.63, 3.8) is 0 Å². The summed E-state index contributed by atoms with van der Waals surface area (Å²) in [6.45, 7) is 0.520. The smallest absolute Gasteiger partial charge is 0.273 e. The summed E-state index contributed by atoms with van der Waals surface area (Å²) >= 11 is 0. The number of carbonyl (C=O) groups excluding carboxylic acids is 1. The third-order valence-electron chi connectivity index (χ3n) is 3.07. The summed E-state index contributed by atoms with van der Waals surface area (Å²) in [4.78, 5) is 37.4. The molecule has 0 saturated carbocycles. The van der Waals surface area contributed by atoms with Crippen molar-refractivity contribution in [1.82, 2.24) is 14.7 Å². The van der Waals surface area contributed by atoms with E-state index >= 15 is 0 Å². The lowest BCUT2D eigenvalue weighted by Gasteiger charge is -2.16. The first kappa shape index (κ1) is 14.0. The number of benzene rings is 1. The molecule has 0 radical (unpaired) electrons. The number of nitrogens with zero attached hydrogens (tertiary/aromatic N) is 2. The highest BCUT2D eigenvalue weighted by Crippen LogP contribution is 2.02. The van der Waals surface area contributed by atoms with Crippen LogP contribution in [0.5, 0.6) is 0 Å². The molecule has 7 nitrogen and oxygen atoms in total. The van der Waals surface area contributed by atoms with E-state index in [-0.39, 0.29) is 12.5 Å². The maximum Gasteiger partial charge on any atom is 0.273 e. The van der Waals surface area contributed by atoms with E-state index in [0.29, 0.717) is 23.9 Å². The third-order valence-corrected chi connectivity index (χ3v) is 3.07. The molecule has 1 aromatic carbocycles. The summed E-state index contributed by atoms with van der Waals surface area (Å²) in [5, 5.41) is 3.03. The van der Waals surface area contributed by atoms with Crippen LogP contribution >= 0.6 is 0 Å². The second-order valence-corrected chi connectivity index (χ2v) is 4.48. The van der Waals surface area contributed by atoms with Crippen LogP contribution in [0, 0.1) is 0 Å². The van der Waals surface area contributed by atoms with Gasteiger partial charge in [0.2, 0.25) is 5.91 Å². The number of hydrogen-bond acceptors (Lipinski definition) is 4. The lowest BCUT2D eigenvalue weighted by Crippen LogP contribution is -2.39. The van der Waals surface area contributed by atoms with Gasteiger partial charge in [-0.05, 0) is 12.1 Å². The molecule has 1 amide bonds. The van der Waals surface area contributed by atoms with E-state index in [9.17, 15) is 14.4 Å². The molecule has 0 aliphatic rings. The molecule has 2 aromatic rings. The molecule has 3 N–H and O–H groups in total. The van der Waals surface area contributed by atoms with Gasteiger partial charge in [0.05, 0.1) is 10.8 Å². The first-order chi connectivity index (χ1) is 9.54. The van der Waals surface area contributed by atoms with Gasteiger partial charge in [-0.2, -0.15) is 0 Å². The van der Waals surface area contributed by atoms with Gasteiger partial charge in [-0.3, -0.25) is 19.5 Å². The quantitative estimate of drug-likeness (QED) is 0.756. The van der Waals surface area contributed by atoms with E-state index in [1.54, 1.807) is 31.3 Å². The first-order valence-electron chi connectivity index (χ1n) is 6.20. The van der Waals surface area contributed by atoms with Crippen LogP contribution in [0.15, 0.2) is 33.9 Å². The zero-order chi connectivity index (χ0) is 14.7. The van der Waals surface area contributed by atoms with Crippen LogP contribution in [0.2, 0.25) is 0 Å². The molecule has 2 rings (SSSR count). The summed E-state index contributed by atoms with van der Waals surface area (Å²) in [6.07, 6.45) is 0. The third kappa shape index (κ3) is 2.62. The number of nitrogens with one attached hydrogen (secondary N) is 1. The van der Waals surface area contributed by atoms with E-state index in [1.165, 1.54) is 4.90 Å². The largest absolute Gasteiger partial charge is 0.343 e. The predicted molar refractivity (Wildman–Crippen MR) is 75.5 cm³/mol. The van der Waals surface area contributed by atoms with E-state index in [2.05, 4.69) is 5.10 Å². The fourth-order valence-corrected chi connectivity index (χ4v) is 1.93. The normalized spacial score (nSPS) is 10.7. The van der Waals surface area contributed by atoms with Gasteiger partial charge in [-0.15, -0.1) is 0 Å². The average molecular weight is 276 g/mol. The number of hydrogen-bond donors (Lipinski definition) is 2. The fraction of sp³-hybridized carbons (Fsp3) is 0.308. The zero-order valence-electron chi connectivity index (χ0n) is 11.1. The van der Waals surface area contributed by atoms with Gasteiger partial charge in [0.15, 0.2) is 0 Å². The number of fused-ring (bicyclic) bond motifs is 1. The summed E-state index contributed by atoms with van der Waals surface area (Å²) in [5.74, 6) is -0.288. The van der Waals surface area contributed by atoms with Crippen molar-refractivity contribution in [2.45, 2.75) is 6.54 Å². The molecule has 0 spiro atoms. The summed E-state index contributed by atoms with van der Waals surface area (Å²) in [7, 11) is 1.60. The zero-order valence-corrected chi connectivity index (χ0v) is 11.1. The van der Waals surface area contributed by atoms with E-state index in [4.69, 9.17) is 5.73 Å². The molecule has 106 valence electrons. The molecule has 0 fully saturated rings. The molecule has 1 heterocycles. The Labute approximate surface area is 114 Å². The molecule has 20 heavy (non-hydrogen) atoms. The lowest BCUT2D eigenvalue weighted by molar-refractivity contribution is -0.130. The highest BCUT2D eigenvalue weighted by Gasteiger charge is 2.12. The number of likely N-dealkylation sites (N-methyl/N-ethyl adjacent to an activating group) is 1. The summed E-state index contributed by atoms with van der Waals surface area (Å²) in [5.41, 5.74) is 4.58. The number of aromatic amines is 1. The van der Waals surface area contributed by atoms with Gasteiger partial charge in [0.1, 0.15) is 6.54 Å². The number of rotatable bonds is 4. The van der Waals surface area contributed by atoms with Crippen molar-refractivity contribution < 1.29 is 4.79 Å². The van der Waals surface area contributed by atoms with Gasteiger partial charge in [-0.25, -0.2) is 4.68 Å². The Balaban J connectivity index is 2.41. The Morgan fingerprint density at radius 1 is 1.30 bits per heavy atom. The number of aromatic nitrogens is 2. The Morgan fingerprint density at radius 2 is 1.95 bits per heavy atom. The maximum atomic E-state index is 12.2. The molecule has 7 heteroatoms. The minimum atomic E-state index is -0.394. The van der Waals surface area contributed by atoms with Crippen LogP contribution in [-0.2, 0) is 11.3 Å². The number of nitrogens with two attached hydrogens (primary N) is 1. The van der Waals surface area contributed by atoms with Crippen LogP contribution < -0.4 is 16.9 Å². The first-order valence-corrected chi connectivity index (χ1v) is 6.20. The summed E-state index contributed by atoms with van der Waals surface area (Å²) < 4.78 is 1.03. The van der Waals surface area contributed by atoms with Gasteiger partial charge in [-0.1, -0.05) is 12.1 Å². The number of amides is 1. The second kappa shape index (κ2) is 5.70. The van der Waals surface area contributed by atoms with Crippen LogP contribution in [0.3, 0.4) is 0 Å². The van der Waals surface area contributed by atoms with Crippen LogP contribution in [0.1, 0.15) is 0 Å². The molecular formula is C13H16N4O3. The Hall–Kier alpha value is -2.41. The number of H-pyrrole nitrogens is 1. The fourth-order valence-electron chi connectivity index (χ4n) is 1.93. The summed E-state index contributed by atoms with van der Waals surface area (Å²) in [6, 6.07) is 6.50. The van der Waals surface area contributed by atoms with Gasteiger partial charge >= 0.3 is 0 Å². The van der Waals surface area contributed by atoms with Crippen molar-refractivity contribution in [1.29, 1.82) is 0 Å². The van der Waals surface area contributed by atoms with Crippen molar-refractivity contribution in [2.75, 3.05) is 20.1 Å². The van der Waals surface area contributed by atoms with Crippen LogP contribution in [0.25, 0.3) is 10.8 Å².